The number of hydrogen-bond donors (Lipinski definition) is 1. The number of alkyl halides is 6. The van der Waals surface area contributed by atoms with E-state index in [9.17, 15) is 31.1 Å². The third-order valence-electron chi connectivity index (χ3n) is 4.44. The summed E-state index contributed by atoms with van der Waals surface area (Å²) in [6.07, 6.45) is -9.14. The summed E-state index contributed by atoms with van der Waals surface area (Å²) >= 11 is 0. The number of para-hydroxylation sites is 1. The van der Waals surface area contributed by atoms with E-state index in [1.807, 2.05) is 0 Å². The average molecular weight is 403 g/mol. The standard InChI is InChI=1S/C19H15F6NO2/c20-18(21,22)15-7-3-2-6-12(15)13-9-14(13)17(27)26-10-11-5-1-4-8-16(11)28-19(23,24)25/h1-8,13-14H,9-10H2,(H,26,27). The zero-order valence-electron chi connectivity index (χ0n) is 14.3. The normalized spacial score (nSPS) is 19.2. The Morgan fingerprint density at radius 1 is 1.00 bits per heavy atom. The van der Waals surface area contributed by atoms with E-state index in [-0.39, 0.29) is 24.1 Å². The number of benzene rings is 2. The molecule has 1 saturated carbocycles. The predicted octanol–water partition coefficient (Wildman–Crippen LogP) is 5.02. The Kier molecular flexibility index (Phi) is 5.27. The second-order valence-corrected chi connectivity index (χ2v) is 6.41. The van der Waals surface area contributed by atoms with Crippen molar-refractivity contribution in [1.82, 2.24) is 5.32 Å². The number of nitrogens with one attached hydrogen (secondary N) is 1. The molecule has 2 aromatic rings. The van der Waals surface area contributed by atoms with Gasteiger partial charge in [0.15, 0.2) is 0 Å². The molecule has 1 aliphatic rings. The Balaban J connectivity index is 1.65. The van der Waals surface area contributed by atoms with Crippen LogP contribution in [0.4, 0.5) is 26.3 Å². The van der Waals surface area contributed by atoms with Gasteiger partial charge < -0.3 is 10.1 Å². The van der Waals surface area contributed by atoms with E-state index < -0.39 is 41.6 Å². The van der Waals surface area contributed by atoms with E-state index in [0.717, 1.165) is 12.1 Å². The molecule has 1 N–H and O–H groups in total. The lowest BCUT2D eigenvalue weighted by molar-refractivity contribution is -0.274. The van der Waals surface area contributed by atoms with Gasteiger partial charge in [0.05, 0.1) is 5.56 Å². The van der Waals surface area contributed by atoms with Crippen molar-refractivity contribution in [3.05, 3.63) is 65.2 Å². The Hall–Kier alpha value is -2.71. The smallest absolute Gasteiger partial charge is 0.405 e. The fourth-order valence-corrected chi connectivity index (χ4v) is 3.09. The quantitative estimate of drug-likeness (QED) is 0.712. The minimum atomic E-state index is -4.87. The maximum Gasteiger partial charge on any atom is 0.573 e. The van der Waals surface area contributed by atoms with Crippen molar-refractivity contribution < 1.29 is 35.9 Å². The van der Waals surface area contributed by atoms with Crippen molar-refractivity contribution in [2.75, 3.05) is 0 Å². The molecule has 2 unspecified atom stereocenters. The van der Waals surface area contributed by atoms with Crippen LogP contribution in [-0.4, -0.2) is 12.3 Å². The molecule has 3 rings (SSSR count). The van der Waals surface area contributed by atoms with Crippen molar-refractivity contribution in [1.29, 1.82) is 0 Å². The molecule has 0 aromatic heterocycles. The molecular weight excluding hydrogens is 388 g/mol. The molecule has 3 nitrogen and oxygen atoms in total. The lowest BCUT2D eigenvalue weighted by Crippen LogP contribution is -2.26. The summed E-state index contributed by atoms with van der Waals surface area (Å²) in [6, 6.07) is 10.4. The van der Waals surface area contributed by atoms with Crippen molar-refractivity contribution in [3.8, 4) is 5.75 Å². The van der Waals surface area contributed by atoms with Crippen molar-refractivity contribution in [2.45, 2.75) is 31.4 Å². The number of hydrogen-bond acceptors (Lipinski definition) is 2. The number of halogens is 6. The Morgan fingerprint density at radius 2 is 1.64 bits per heavy atom. The number of carbonyl (C=O) groups is 1. The predicted molar refractivity (Wildman–Crippen MR) is 87.3 cm³/mol. The molecule has 1 fully saturated rings. The van der Waals surface area contributed by atoms with Gasteiger partial charge in [0.1, 0.15) is 5.75 Å². The molecule has 2 atom stereocenters. The molecule has 0 radical (unpaired) electrons. The summed E-state index contributed by atoms with van der Waals surface area (Å²) in [7, 11) is 0. The highest BCUT2D eigenvalue weighted by molar-refractivity contribution is 5.83. The molecule has 2 aromatic carbocycles. The first kappa shape index (κ1) is 20.0. The summed E-state index contributed by atoms with van der Waals surface area (Å²) in [4.78, 5) is 12.3. The topological polar surface area (TPSA) is 38.3 Å². The van der Waals surface area contributed by atoms with Crippen LogP contribution in [-0.2, 0) is 17.5 Å². The van der Waals surface area contributed by atoms with Crippen LogP contribution in [0.3, 0.4) is 0 Å². The SMILES string of the molecule is O=C(NCc1ccccc1OC(F)(F)F)C1CC1c1ccccc1C(F)(F)F. The summed E-state index contributed by atoms with van der Waals surface area (Å²) in [6.45, 7) is -0.227. The number of amides is 1. The van der Waals surface area contributed by atoms with Crippen molar-refractivity contribution >= 4 is 5.91 Å². The van der Waals surface area contributed by atoms with E-state index in [1.165, 1.54) is 36.4 Å². The fraction of sp³-hybridized carbons (Fsp3) is 0.316. The van der Waals surface area contributed by atoms with Crippen LogP contribution in [0, 0.1) is 5.92 Å². The maximum absolute atomic E-state index is 13.1. The van der Waals surface area contributed by atoms with Crippen LogP contribution in [0.5, 0.6) is 5.75 Å². The highest BCUT2D eigenvalue weighted by Crippen LogP contribution is 2.51. The molecule has 150 valence electrons. The fourth-order valence-electron chi connectivity index (χ4n) is 3.09. The lowest BCUT2D eigenvalue weighted by Gasteiger charge is -2.14. The second kappa shape index (κ2) is 7.37. The molecular formula is C19H15F6NO2. The number of ether oxygens (including phenoxy) is 1. The molecule has 28 heavy (non-hydrogen) atoms. The monoisotopic (exact) mass is 403 g/mol. The molecule has 0 spiro atoms. The van der Waals surface area contributed by atoms with Crippen LogP contribution < -0.4 is 10.1 Å². The first-order valence-electron chi connectivity index (χ1n) is 8.34. The van der Waals surface area contributed by atoms with E-state index >= 15 is 0 Å². The first-order chi connectivity index (χ1) is 13.1. The summed E-state index contributed by atoms with van der Waals surface area (Å²) < 4.78 is 80.5. The Bertz CT molecular complexity index is 862. The van der Waals surface area contributed by atoms with Gasteiger partial charge in [0.2, 0.25) is 5.91 Å². The Labute approximate surface area is 156 Å². The zero-order valence-corrected chi connectivity index (χ0v) is 14.3. The zero-order chi connectivity index (χ0) is 20.5. The number of rotatable bonds is 5. The summed E-state index contributed by atoms with van der Waals surface area (Å²) in [5.74, 6) is -2.17. The van der Waals surface area contributed by atoms with Gasteiger partial charge in [-0.25, -0.2) is 0 Å². The van der Waals surface area contributed by atoms with Gasteiger partial charge in [-0.3, -0.25) is 4.79 Å². The Morgan fingerprint density at radius 3 is 2.32 bits per heavy atom. The van der Waals surface area contributed by atoms with Crippen LogP contribution in [0.25, 0.3) is 0 Å². The van der Waals surface area contributed by atoms with E-state index in [4.69, 9.17) is 0 Å². The van der Waals surface area contributed by atoms with Gasteiger partial charge in [-0.2, -0.15) is 13.2 Å². The van der Waals surface area contributed by atoms with Crippen LogP contribution in [0.1, 0.15) is 29.0 Å². The van der Waals surface area contributed by atoms with Crippen molar-refractivity contribution in [3.63, 3.8) is 0 Å². The van der Waals surface area contributed by atoms with E-state index in [2.05, 4.69) is 10.1 Å². The largest absolute Gasteiger partial charge is 0.573 e. The lowest BCUT2D eigenvalue weighted by atomic mass is 10.0. The van der Waals surface area contributed by atoms with Gasteiger partial charge >= 0.3 is 12.5 Å². The van der Waals surface area contributed by atoms with Gasteiger partial charge in [-0.15, -0.1) is 13.2 Å². The van der Waals surface area contributed by atoms with Crippen LogP contribution >= 0.6 is 0 Å². The third kappa shape index (κ3) is 4.76. The summed E-state index contributed by atoms with van der Waals surface area (Å²) in [5, 5.41) is 2.48. The second-order valence-electron chi connectivity index (χ2n) is 6.41. The van der Waals surface area contributed by atoms with Crippen LogP contribution in [0.2, 0.25) is 0 Å². The van der Waals surface area contributed by atoms with Crippen LogP contribution in [0.15, 0.2) is 48.5 Å². The van der Waals surface area contributed by atoms with Gasteiger partial charge in [-0.05, 0) is 30.0 Å². The molecule has 0 bridgehead atoms. The third-order valence-corrected chi connectivity index (χ3v) is 4.44. The van der Waals surface area contributed by atoms with Gasteiger partial charge in [0.25, 0.3) is 0 Å². The average Bonchev–Trinajstić information content (AvgIpc) is 3.39. The highest BCUT2D eigenvalue weighted by Gasteiger charge is 2.47. The number of carbonyl (C=O) groups excluding carboxylic acids is 1. The molecule has 1 amide bonds. The minimum absolute atomic E-state index is 0.0518. The van der Waals surface area contributed by atoms with Gasteiger partial charge in [-0.1, -0.05) is 36.4 Å². The molecule has 0 aliphatic heterocycles. The molecule has 0 saturated heterocycles. The molecule has 0 heterocycles. The van der Waals surface area contributed by atoms with Gasteiger partial charge in [0, 0.05) is 18.0 Å². The molecule has 9 heteroatoms. The molecule has 1 aliphatic carbocycles. The van der Waals surface area contributed by atoms with E-state index in [1.54, 1.807) is 0 Å². The van der Waals surface area contributed by atoms with E-state index in [0.29, 0.717) is 0 Å². The maximum atomic E-state index is 13.1. The highest BCUT2D eigenvalue weighted by atomic mass is 19.4. The summed E-state index contributed by atoms with van der Waals surface area (Å²) in [5.41, 5.74) is -0.615. The minimum Gasteiger partial charge on any atom is -0.405 e. The van der Waals surface area contributed by atoms with Crippen molar-refractivity contribution in [2.24, 2.45) is 5.92 Å². The first-order valence-corrected chi connectivity index (χ1v) is 8.34.